The molecule has 0 fully saturated rings. The van der Waals surface area contributed by atoms with Crippen molar-refractivity contribution in [2.24, 2.45) is 0 Å². The lowest BCUT2D eigenvalue weighted by molar-refractivity contribution is 0.0683. The van der Waals surface area contributed by atoms with Gasteiger partial charge >= 0.3 is 5.97 Å². The molecule has 0 atom stereocenters. The van der Waals surface area contributed by atoms with Crippen LogP contribution >= 0.6 is 0 Å². The molecule has 17 heavy (non-hydrogen) atoms. The summed E-state index contributed by atoms with van der Waals surface area (Å²) in [6.45, 7) is 1.65. The van der Waals surface area contributed by atoms with Crippen molar-refractivity contribution in [3.63, 3.8) is 0 Å². The summed E-state index contributed by atoms with van der Waals surface area (Å²) in [7, 11) is 0. The SMILES string of the molecule is Cc1nc(C(=O)O)nn1Cc1ncccc1F. The maximum atomic E-state index is 13.3. The van der Waals surface area contributed by atoms with Crippen LogP contribution < -0.4 is 0 Å². The van der Waals surface area contributed by atoms with Gasteiger partial charge in [-0.3, -0.25) is 4.98 Å². The van der Waals surface area contributed by atoms with Gasteiger partial charge in [0.15, 0.2) is 0 Å². The highest BCUT2D eigenvalue weighted by atomic mass is 19.1. The number of hydrogen-bond donors (Lipinski definition) is 1. The van der Waals surface area contributed by atoms with Crippen LogP contribution in [0.3, 0.4) is 0 Å². The molecule has 0 amide bonds. The van der Waals surface area contributed by atoms with Crippen LogP contribution in [0.25, 0.3) is 0 Å². The summed E-state index contributed by atoms with van der Waals surface area (Å²) >= 11 is 0. The smallest absolute Gasteiger partial charge is 0.375 e. The maximum Gasteiger partial charge on any atom is 0.375 e. The van der Waals surface area contributed by atoms with Crippen LogP contribution in [0.2, 0.25) is 0 Å². The van der Waals surface area contributed by atoms with Crippen molar-refractivity contribution in [1.29, 1.82) is 0 Å². The van der Waals surface area contributed by atoms with Gasteiger partial charge in [-0.2, -0.15) is 0 Å². The first-order chi connectivity index (χ1) is 8.08. The second kappa shape index (κ2) is 4.28. The Kier molecular flexibility index (Phi) is 2.82. The summed E-state index contributed by atoms with van der Waals surface area (Å²) in [6.07, 6.45) is 1.46. The van der Waals surface area contributed by atoms with Crippen LogP contribution in [-0.2, 0) is 6.54 Å². The first kappa shape index (κ1) is 11.2. The van der Waals surface area contributed by atoms with Gasteiger partial charge in [0, 0.05) is 6.20 Å². The molecule has 2 rings (SSSR count). The Morgan fingerprint density at radius 1 is 1.59 bits per heavy atom. The molecular formula is C10H9FN4O2. The van der Waals surface area contributed by atoms with Crippen molar-refractivity contribution in [2.45, 2.75) is 13.5 Å². The van der Waals surface area contributed by atoms with Crippen LogP contribution in [0.5, 0.6) is 0 Å². The van der Waals surface area contributed by atoms with E-state index in [0.717, 1.165) is 0 Å². The van der Waals surface area contributed by atoms with Crippen LogP contribution in [0.4, 0.5) is 4.39 Å². The fraction of sp³-hybridized carbons (Fsp3) is 0.200. The van der Waals surface area contributed by atoms with E-state index in [2.05, 4.69) is 15.1 Å². The van der Waals surface area contributed by atoms with Crippen molar-refractivity contribution in [2.75, 3.05) is 0 Å². The van der Waals surface area contributed by atoms with Gasteiger partial charge in [-0.25, -0.2) is 18.9 Å². The predicted molar refractivity (Wildman–Crippen MR) is 55.0 cm³/mol. The third-order valence-electron chi connectivity index (χ3n) is 2.18. The van der Waals surface area contributed by atoms with Crippen molar-refractivity contribution >= 4 is 5.97 Å². The second-order valence-corrected chi connectivity index (χ2v) is 3.38. The number of carbonyl (C=O) groups is 1. The lowest BCUT2D eigenvalue weighted by atomic mass is 10.3. The van der Waals surface area contributed by atoms with Crippen molar-refractivity contribution < 1.29 is 14.3 Å². The molecular weight excluding hydrogens is 227 g/mol. The molecule has 0 radical (unpaired) electrons. The Morgan fingerprint density at radius 3 is 2.94 bits per heavy atom. The van der Waals surface area contributed by atoms with Crippen LogP contribution in [0, 0.1) is 12.7 Å². The summed E-state index contributed by atoms with van der Waals surface area (Å²) < 4.78 is 14.6. The third kappa shape index (κ3) is 2.27. The Morgan fingerprint density at radius 2 is 2.35 bits per heavy atom. The van der Waals surface area contributed by atoms with Gasteiger partial charge in [-0.15, -0.1) is 5.10 Å². The third-order valence-corrected chi connectivity index (χ3v) is 2.18. The molecule has 0 spiro atoms. The second-order valence-electron chi connectivity index (χ2n) is 3.38. The minimum Gasteiger partial charge on any atom is -0.475 e. The van der Waals surface area contributed by atoms with Gasteiger partial charge in [0.05, 0.1) is 12.2 Å². The minimum absolute atomic E-state index is 0.0544. The molecule has 88 valence electrons. The number of carboxylic acid groups (broad SMARTS) is 1. The average molecular weight is 236 g/mol. The zero-order valence-electron chi connectivity index (χ0n) is 8.96. The Labute approximate surface area is 95.8 Å². The minimum atomic E-state index is -1.21. The van der Waals surface area contributed by atoms with E-state index in [-0.39, 0.29) is 18.1 Å². The van der Waals surface area contributed by atoms with E-state index >= 15 is 0 Å². The van der Waals surface area contributed by atoms with Gasteiger partial charge < -0.3 is 5.11 Å². The topological polar surface area (TPSA) is 80.9 Å². The molecule has 0 aromatic carbocycles. The summed E-state index contributed by atoms with van der Waals surface area (Å²) in [5.41, 5.74) is 0.192. The first-order valence-corrected chi connectivity index (χ1v) is 4.82. The van der Waals surface area contributed by atoms with Gasteiger partial charge in [0.25, 0.3) is 5.82 Å². The van der Waals surface area contributed by atoms with Gasteiger partial charge in [-0.05, 0) is 19.1 Å². The number of rotatable bonds is 3. The summed E-state index contributed by atoms with van der Waals surface area (Å²) in [4.78, 5) is 18.3. The molecule has 2 heterocycles. The lowest BCUT2D eigenvalue weighted by Crippen LogP contribution is -2.08. The number of halogens is 1. The molecule has 6 nitrogen and oxygen atoms in total. The van der Waals surface area contributed by atoms with Crippen LogP contribution in [0.1, 0.15) is 22.1 Å². The lowest BCUT2D eigenvalue weighted by Gasteiger charge is -2.02. The van der Waals surface area contributed by atoms with Crippen LogP contribution in [-0.4, -0.2) is 30.8 Å². The van der Waals surface area contributed by atoms with E-state index in [0.29, 0.717) is 5.82 Å². The Balaban J connectivity index is 2.30. The normalized spacial score (nSPS) is 10.5. The van der Waals surface area contributed by atoms with E-state index < -0.39 is 11.8 Å². The van der Waals surface area contributed by atoms with Crippen LogP contribution in [0.15, 0.2) is 18.3 Å². The Hall–Kier alpha value is -2.31. The Bertz CT molecular complexity index is 567. The highest BCUT2D eigenvalue weighted by Gasteiger charge is 2.14. The molecule has 2 aromatic heterocycles. The van der Waals surface area contributed by atoms with Crippen molar-refractivity contribution in [3.8, 4) is 0 Å². The molecule has 0 aliphatic heterocycles. The number of hydrogen-bond acceptors (Lipinski definition) is 4. The predicted octanol–water partition coefficient (Wildman–Crippen LogP) is 0.867. The van der Waals surface area contributed by atoms with E-state index in [1.807, 2.05) is 0 Å². The largest absolute Gasteiger partial charge is 0.475 e. The van der Waals surface area contributed by atoms with Gasteiger partial charge in [0.1, 0.15) is 11.6 Å². The number of aromatic nitrogens is 4. The number of nitrogens with zero attached hydrogens (tertiary/aromatic N) is 4. The molecule has 0 aliphatic rings. The van der Waals surface area contributed by atoms with E-state index in [4.69, 9.17) is 5.11 Å². The van der Waals surface area contributed by atoms with E-state index in [1.165, 1.54) is 23.0 Å². The fourth-order valence-corrected chi connectivity index (χ4v) is 1.34. The van der Waals surface area contributed by atoms with E-state index in [1.54, 1.807) is 6.92 Å². The zero-order chi connectivity index (χ0) is 12.4. The van der Waals surface area contributed by atoms with Gasteiger partial charge in [0.2, 0.25) is 0 Å². The number of aryl methyl sites for hydroxylation is 1. The quantitative estimate of drug-likeness (QED) is 0.855. The summed E-state index contributed by atoms with van der Waals surface area (Å²) in [5, 5.41) is 12.5. The molecule has 0 bridgehead atoms. The van der Waals surface area contributed by atoms with E-state index in [9.17, 15) is 9.18 Å². The fourth-order valence-electron chi connectivity index (χ4n) is 1.34. The maximum absolute atomic E-state index is 13.3. The number of aromatic carboxylic acids is 1. The highest BCUT2D eigenvalue weighted by Crippen LogP contribution is 2.06. The first-order valence-electron chi connectivity index (χ1n) is 4.82. The summed E-state index contributed by atoms with van der Waals surface area (Å²) in [6, 6.07) is 2.77. The molecule has 0 saturated heterocycles. The molecule has 1 N–H and O–H groups in total. The van der Waals surface area contributed by atoms with Crippen molar-refractivity contribution in [3.05, 3.63) is 41.5 Å². The molecule has 7 heteroatoms. The molecule has 2 aromatic rings. The van der Waals surface area contributed by atoms with Crippen molar-refractivity contribution in [1.82, 2.24) is 19.7 Å². The number of pyridine rings is 1. The molecule has 0 aliphatic carbocycles. The average Bonchev–Trinajstić information content (AvgIpc) is 2.64. The highest BCUT2D eigenvalue weighted by molar-refractivity contribution is 5.82. The summed E-state index contributed by atoms with van der Waals surface area (Å²) in [5.74, 6) is -1.58. The molecule has 0 saturated carbocycles. The van der Waals surface area contributed by atoms with Gasteiger partial charge in [-0.1, -0.05) is 0 Å². The monoisotopic (exact) mass is 236 g/mol. The zero-order valence-corrected chi connectivity index (χ0v) is 8.96. The standard InChI is InChI=1S/C10H9FN4O2/c1-6-13-9(10(16)17)14-15(6)5-8-7(11)3-2-4-12-8/h2-4H,5H2,1H3,(H,16,17). The number of carboxylic acids is 1. The molecule has 0 unspecified atom stereocenters.